The second-order valence-corrected chi connectivity index (χ2v) is 17.1. The van der Waals surface area contributed by atoms with Crippen LogP contribution in [0.4, 0.5) is 0 Å². The van der Waals surface area contributed by atoms with Gasteiger partial charge in [-0.1, -0.05) is 38.4 Å². The molecule has 0 amide bonds. The van der Waals surface area contributed by atoms with Crippen LogP contribution in [0.1, 0.15) is 6.92 Å². The van der Waals surface area contributed by atoms with Crippen LogP contribution in [0, 0.1) is 0 Å². The lowest BCUT2D eigenvalue weighted by molar-refractivity contribution is -0.140. The van der Waals surface area contributed by atoms with E-state index in [0.29, 0.717) is 12.7 Å². The van der Waals surface area contributed by atoms with E-state index >= 15 is 0 Å². The van der Waals surface area contributed by atoms with E-state index in [1.807, 2.05) is 6.92 Å². The maximum Gasteiger partial charge on any atom is 0.303 e. The number of hydrogen-bond acceptors (Lipinski definition) is 2. The molecule has 0 fully saturated rings. The zero-order chi connectivity index (χ0) is 11.4. The maximum atomic E-state index is 11.4. The molecule has 0 bridgehead atoms. The molecule has 0 spiro atoms. The van der Waals surface area contributed by atoms with Gasteiger partial charge < -0.3 is 4.74 Å². The molecular formula is C10H24O2Si2. The van der Waals surface area contributed by atoms with Crippen LogP contribution >= 0.6 is 0 Å². The number of rotatable bonds is 5. The normalized spacial score (nSPS) is 12.7. The third-order valence-electron chi connectivity index (χ3n) is 1.94. The van der Waals surface area contributed by atoms with Crippen LogP contribution < -0.4 is 0 Å². The van der Waals surface area contributed by atoms with Crippen LogP contribution in [0.25, 0.3) is 0 Å². The molecule has 14 heavy (non-hydrogen) atoms. The third-order valence-corrected chi connectivity index (χ3v) is 11.3. The molecule has 0 N–H and O–H groups in total. The molecule has 0 saturated carbocycles. The summed E-state index contributed by atoms with van der Waals surface area (Å²) in [4.78, 5) is 11.4. The lowest BCUT2D eigenvalue weighted by atomic mass is 10.8. The highest BCUT2D eigenvalue weighted by Crippen LogP contribution is 2.23. The van der Waals surface area contributed by atoms with Gasteiger partial charge in [-0.3, -0.25) is 4.79 Å². The highest BCUT2D eigenvalue weighted by molar-refractivity contribution is 6.95. The van der Waals surface area contributed by atoms with Crippen LogP contribution in [0.5, 0.6) is 0 Å². The van der Waals surface area contributed by atoms with Crippen molar-refractivity contribution in [3.05, 3.63) is 0 Å². The smallest absolute Gasteiger partial charge is 0.303 e. The van der Waals surface area contributed by atoms with Crippen molar-refractivity contribution < 1.29 is 9.53 Å². The van der Waals surface area contributed by atoms with E-state index in [1.54, 1.807) is 0 Å². The first-order valence-electron chi connectivity index (χ1n) is 5.32. The molecule has 0 aromatic rings. The standard InChI is InChI=1S/C10H24O2Si2/c1-7-12-10(11)8-14(5,6)9-13(2,3)4/h7-9H2,1-6H3. The van der Waals surface area contributed by atoms with Crippen molar-refractivity contribution in [1.29, 1.82) is 0 Å². The Labute approximate surface area is 90.1 Å². The Morgan fingerprint density at radius 2 is 1.64 bits per heavy atom. The lowest BCUT2D eigenvalue weighted by Gasteiger charge is -2.28. The second-order valence-electron chi connectivity index (χ2n) is 5.88. The molecule has 0 atom stereocenters. The zero-order valence-electron chi connectivity index (χ0n) is 10.4. The number of hydrogen-bond donors (Lipinski definition) is 0. The quantitative estimate of drug-likeness (QED) is 0.538. The van der Waals surface area contributed by atoms with E-state index in [9.17, 15) is 4.79 Å². The predicted molar refractivity (Wildman–Crippen MR) is 67.1 cm³/mol. The summed E-state index contributed by atoms with van der Waals surface area (Å²) in [7, 11) is -2.38. The Hall–Kier alpha value is -0.0962. The van der Waals surface area contributed by atoms with Crippen LogP contribution in [-0.2, 0) is 9.53 Å². The molecule has 0 radical (unpaired) electrons. The van der Waals surface area contributed by atoms with Crippen molar-refractivity contribution >= 4 is 22.1 Å². The van der Waals surface area contributed by atoms with E-state index in [2.05, 4.69) is 32.7 Å². The van der Waals surface area contributed by atoms with Gasteiger partial charge in [0.05, 0.1) is 14.7 Å². The molecule has 0 aliphatic rings. The Balaban J connectivity index is 4.13. The first-order valence-corrected chi connectivity index (χ1v) is 12.4. The molecule has 0 rings (SSSR count). The highest BCUT2D eigenvalue weighted by Gasteiger charge is 2.31. The monoisotopic (exact) mass is 232 g/mol. The largest absolute Gasteiger partial charge is 0.466 e. The van der Waals surface area contributed by atoms with Crippen molar-refractivity contribution in [1.82, 2.24) is 0 Å². The molecular weight excluding hydrogens is 208 g/mol. The van der Waals surface area contributed by atoms with Gasteiger partial charge >= 0.3 is 5.97 Å². The molecule has 0 aliphatic carbocycles. The minimum atomic E-state index is -1.35. The maximum absolute atomic E-state index is 11.4. The number of ether oxygens (including phenoxy) is 1. The van der Waals surface area contributed by atoms with Gasteiger partial charge in [-0.25, -0.2) is 0 Å². The van der Waals surface area contributed by atoms with Gasteiger partial charge in [-0.2, -0.15) is 0 Å². The Morgan fingerprint density at radius 1 is 1.14 bits per heavy atom. The van der Waals surface area contributed by atoms with E-state index in [1.165, 1.54) is 5.67 Å². The summed E-state index contributed by atoms with van der Waals surface area (Å²) in [5.41, 5.74) is 1.30. The van der Waals surface area contributed by atoms with E-state index in [0.717, 1.165) is 0 Å². The zero-order valence-corrected chi connectivity index (χ0v) is 12.4. The summed E-state index contributed by atoms with van der Waals surface area (Å²) in [5, 5.41) is 0. The molecule has 4 heteroatoms. The summed E-state index contributed by atoms with van der Waals surface area (Å²) in [6, 6.07) is 0.686. The van der Waals surface area contributed by atoms with Crippen molar-refractivity contribution in [3.63, 3.8) is 0 Å². The van der Waals surface area contributed by atoms with Crippen molar-refractivity contribution in [3.8, 4) is 0 Å². The van der Waals surface area contributed by atoms with Crippen molar-refractivity contribution in [2.75, 3.05) is 6.61 Å². The van der Waals surface area contributed by atoms with Crippen molar-refractivity contribution in [2.45, 2.75) is 51.4 Å². The van der Waals surface area contributed by atoms with Crippen molar-refractivity contribution in [2.24, 2.45) is 0 Å². The predicted octanol–water partition coefficient (Wildman–Crippen LogP) is 3.14. The fourth-order valence-corrected chi connectivity index (χ4v) is 15.0. The van der Waals surface area contributed by atoms with E-state index in [4.69, 9.17) is 4.74 Å². The van der Waals surface area contributed by atoms with Gasteiger partial charge in [0.2, 0.25) is 0 Å². The van der Waals surface area contributed by atoms with Crippen LogP contribution in [0.15, 0.2) is 0 Å². The molecule has 0 unspecified atom stereocenters. The number of esters is 1. The molecule has 0 saturated heterocycles. The van der Waals surface area contributed by atoms with Crippen LogP contribution in [-0.4, -0.2) is 28.7 Å². The van der Waals surface area contributed by atoms with Crippen LogP contribution in [0.3, 0.4) is 0 Å². The van der Waals surface area contributed by atoms with Crippen LogP contribution in [0.2, 0.25) is 44.4 Å². The van der Waals surface area contributed by atoms with Gasteiger partial charge in [-0.15, -0.1) is 0 Å². The average Bonchev–Trinajstić information content (AvgIpc) is 1.78. The molecule has 0 aromatic carbocycles. The van der Waals surface area contributed by atoms with Gasteiger partial charge in [0.1, 0.15) is 0 Å². The fourth-order valence-electron chi connectivity index (χ4n) is 2.10. The summed E-state index contributed by atoms with van der Waals surface area (Å²) >= 11 is 0. The minimum Gasteiger partial charge on any atom is -0.466 e. The molecule has 0 heterocycles. The Morgan fingerprint density at radius 3 is 2.00 bits per heavy atom. The number of carbonyl (C=O) groups is 1. The van der Waals surface area contributed by atoms with Gasteiger partial charge in [0.25, 0.3) is 0 Å². The highest BCUT2D eigenvalue weighted by atomic mass is 28.4. The first-order chi connectivity index (χ1) is 6.16. The summed E-state index contributed by atoms with van der Waals surface area (Å²) in [6.45, 7) is 14.1. The van der Waals surface area contributed by atoms with Gasteiger partial charge in [0, 0.05) is 14.1 Å². The lowest BCUT2D eigenvalue weighted by Crippen LogP contribution is -2.39. The van der Waals surface area contributed by atoms with Gasteiger partial charge in [0.15, 0.2) is 0 Å². The Bertz CT molecular complexity index is 195. The molecule has 84 valence electrons. The summed E-state index contributed by atoms with van der Waals surface area (Å²) < 4.78 is 5.00. The fraction of sp³-hybridized carbons (Fsp3) is 0.900. The topological polar surface area (TPSA) is 26.3 Å². The molecule has 2 nitrogen and oxygen atoms in total. The minimum absolute atomic E-state index is 0.00224. The Kier molecular flexibility index (Phi) is 5.08. The number of carbonyl (C=O) groups excluding carboxylic acids is 1. The first kappa shape index (κ1) is 13.9. The van der Waals surface area contributed by atoms with E-state index < -0.39 is 16.1 Å². The third kappa shape index (κ3) is 7.32. The van der Waals surface area contributed by atoms with Gasteiger partial charge in [-0.05, 0) is 6.92 Å². The molecule has 0 aliphatic heterocycles. The SMILES string of the molecule is CCOC(=O)C[Si](C)(C)C[Si](C)(C)C. The molecule has 0 aromatic heterocycles. The average molecular weight is 232 g/mol. The summed E-state index contributed by atoms with van der Waals surface area (Å²) in [5.74, 6) is 0.00224. The van der Waals surface area contributed by atoms with E-state index in [-0.39, 0.29) is 5.97 Å². The summed E-state index contributed by atoms with van der Waals surface area (Å²) in [6.07, 6.45) is 0. The second kappa shape index (κ2) is 5.12.